The van der Waals surface area contributed by atoms with Gasteiger partial charge in [0.25, 0.3) is 0 Å². The third-order valence-corrected chi connectivity index (χ3v) is 10.0. The van der Waals surface area contributed by atoms with Crippen LogP contribution in [0.25, 0.3) is 6.08 Å². The number of hydrogen-bond donors (Lipinski definition) is 1. The normalized spacial score (nSPS) is 13.9. The Morgan fingerprint density at radius 2 is 1.58 bits per heavy atom. The van der Waals surface area contributed by atoms with Gasteiger partial charge in [0, 0.05) is 4.88 Å². The molecule has 0 bridgehead atoms. The molecule has 0 aliphatic rings. The van der Waals surface area contributed by atoms with E-state index in [9.17, 15) is 8.42 Å². The molecule has 0 saturated heterocycles. The number of thiophene rings is 1. The van der Waals surface area contributed by atoms with Gasteiger partial charge < -0.3 is 0 Å². The Bertz CT molecular complexity index is 1150. The van der Waals surface area contributed by atoms with E-state index in [-0.39, 0.29) is 0 Å². The molecule has 0 saturated carbocycles. The summed E-state index contributed by atoms with van der Waals surface area (Å²) < 4.78 is 30.5. The lowest BCUT2D eigenvalue weighted by Gasteiger charge is -2.31. The molecule has 1 heterocycles. The van der Waals surface area contributed by atoms with Crippen molar-refractivity contribution in [3.63, 3.8) is 0 Å². The fourth-order valence-corrected chi connectivity index (χ4v) is 8.25. The molecule has 0 radical (unpaired) electrons. The first-order valence-corrected chi connectivity index (χ1v) is 16.3. The predicted octanol–water partition coefficient (Wildman–Crippen LogP) is 6.65. The van der Waals surface area contributed by atoms with Crippen molar-refractivity contribution in [3.05, 3.63) is 92.3 Å². The minimum atomic E-state index is -3.74. The summed E-state index contributed by atoms with van der Waals surface area (Å²) in [5.41, 5.74) is 3.56. The van der Waals surface area contributed by atoms with Gasteiger partial charge in [0.05, 0.1) is 19.0 Å². The molecule has 0 spiro atoms. The Morgan fingerprint density at radius 1 is 0.968 bits per heavy atom. The number of aryl methyl sites for hydroxylation is 3. The molecule has 6 heteroatoms. The smallest absolute Gasteiger partial charge is 0.207 e. The van der Waals surface area contributed by atoms with Gasteiger partial charge in [-0.1, -0.05) is 78.9 Å². The van der Waals surface area contributed by atoms with E-state index in [4.69, 9.17) is 0 Å². The Morgan fingerprint density at radius 3 is 2.10 bits per heavy atom. The lowest BCUT2D eigenvalue weighted by molar-refractivity contribution is 0.572. The van der Waals surface area contributed by atoms with E-state index in [0.29, 0.717) is 4.90 Å². The van der Waals surface area contributed by atoms with Crippen LogP contribution in [0.15, 0.2) is 70.1 Å². The van der Waals surface area contributed by atoms with Crippen molar-refractivity contribution in [1.29, 1.82) is 0 Å². The minimum Gasteiger partial charge on any atom is -0.207 e. The molecule has 0 aliphatic heterocycles. The molecule has 164 valence electrons. The van der Waals surface area contributed by atoms with Gasteiger partial charge in [0.1, 0.15) is 0 Å². The molecule has 1 aromatic heterocycles. The fourth-order valence-electron chi connectivity index (χ4n) is 4.02. The third kappa shape index (κ3) is 5.63. The standard InChI is InChI=1S/C25H31NO2S2Si/c1-18-15-19(2)25(20(3)16-18)30(27,28)26-24(21-11-8-7-9-12-21)23(31(4,5)6)17-22-13-10-14-29-22/h7-17,24,26H,1-6H3/b23-17-. The first-order valence-electron chi connectivity index (χ1n) is 10.4. The largest absolute Gasteiger partial charge is 0.241 e. The number of benzene rings is 2. The highest BCUT2D eigenvalue weighted by molar-refractivity contribution is 7.89. The van der Waals surface area contributed by atoms with Crippen LogP contribution in [0.3, 0.4) is 0 Å². The summed E-state index contributed by atoms with van der Waals surface area (Å²) in [5.74, 6) is 0. The quantitative estimate of drug-likeness (QED) is 0.394. The van der Waals surface area contributed by atoms with Gasteiger partial charge in [-0.2, -0.15) is 4.72 Å². The van der Waals surface area contributed by atoms with Gasteiger partial charge in [0.15, 0.2) is 0 Å². The maximum Gasteiger partial charge on any atom is 0.241 e. The van der Waals surface area contributed by atoms with Crippen molar-refractivity contribution in [2.75, 3.05) is 0 Å². The summed E-state index contributed by atoms with van der Waals surface area (Å²) in [6.45, 7) is 12.5. The second kappa shape index (κ2) is 9.24. The predicted molar refractivity (Wildman–Crippen MR) is 136 cm³/mol. The third-order valence-electron chi connectivity index (χ3n) is 5.30. The Hall–Kier alpha value is -1.99. The zero-order valence-electron chi connectivity index (χ0n) is 19.1. The van der Waals surface area contributed by atoms with Crippen LogP contribution in [0.4, 0.5) is 0 Å². The SMILES string of the molecule is Cc1cc(C)c(S(=O)(=O)NC(/C(=C/c2cccs2)[Si](C)(C)C)c2ccccc2)c(C)c1. The van der Waals surface area contributed by atoms with Crippen molar-refractivity contribution in [3.8, 4) is 0 Å². The highest BCUT2D eigenvalue weighted by atomic mass is 32.2. The zero-order chi connectivity index (χ0) is 22.8. The summed E-state index contributed by atoms with van der Waals surface area (Å²) >= 11 is 1.67. The molecule has 3 rings (SSSR count). The molecule has 2 aromatic carbocycles. The summed E-state index contributed by atoms with van der Waals surface area (Å²) in [6.07, 6.45) is 2.19. The molecule has 1 unspecified atom stereocenters. The summed E-state index contributed by atoms with van der Waals surface area (Å²) in [5, 5.41) is 3.21. The second-order valence-corrected chi connectivity index (χ2v) is 16.8. The van der Waals surface area contributed by atoms with Gasteiger partial charge in [0.2, 0.25) is 10.0 Å². The lowest BCUT2D eigenvalue weighted by Crippen LogP contribution is -2.38. The summed E-state index contributed by atoms with van der Waals surface area (Å²) in [4.78, 5) is 1.52. The van der Waals surface area contributed by atoms with Crippen molar-refractivity contribution in [2.45, 2.75) is 51.3 Å². The van der Waals surface area contributed by atoms with Crippen molar-refractivity contribution in [2.24, 2.45) is 0 Å². The molecule has 3 aromatic rings. The van der Waals surface area contributed by atoms with Crippen molar-refractivity contribution >= 4 is 35.5 Å². The van der Waals surface area contributed by atoms with E-state index in [1.165, 1.54) is 0 Å². The molecule has 0 amide bonds. The summed E-state index contributed by atoms with van der Waals surface area (Å²) in [7, 11) is -5.62. The molecule has 1 N–H and O–H groups in total. The van der Waals surface area contributed by atoms with Crippen LogP contribution in [0, 0.1) is 20.8 Å². The van der Waals surface area contributed by atoms with Gasteiger partial charge in [-0.25, -0.2) is 8.42 Å². The van der Waals surface area contributed by atoms with Gasteiger partial charge in [-0.15, -0.1) is 11.3 Å². The lowest BCUT2D eigenvalue weighted by atomic mass is 10.1. The highest BCUT2D eigenvalue weighted by Gasteiger charge is 2.33. The average Bonchev–Trinajstić information content (AvgIpc) is 3.16. The second-order valence-electron chi connectivity index (χ2n) is 9.06. The van der Waals surface area contributed by atoms with Crippen LogP contribution >= 0.6 is 11.3 Å². The monoisotopic (exact) mass is 469 g/mol. The van der Waals surface area contributed by atoms with Crippen LogP contribution in [0.5, 0.6) is 0 Å². The van der Waals surface area contributed by atoms with Crippen LogP contribution in [0.1, 0.15) is 33.2 Å². The van der Waals surface area contributed by atoms with Crippen molar-refractivity contribution in [1.82, 2.24) is 4.72 Å². The van der Waals surface area contributed by atoms with Crippen molar-refractivity contribution < 1.29 is 8.42 Å². The number of sulfonamides is 1. The molecule has 3 nitrogen and oxygen atoms in total. The number of nitrogens with one attached hydrogen (secondary N) is 1. The molecular weight excluding hydrogens is 439 g/mol. The van der Waals surface area contributed by atoms with Gasteiger partial charge in [-0.3, -0.25) is 0 Å². The maximum atomic E-state index is 13.7. The highest BCUT2D eigenvalue weighted by Crippen LogP contribution is 2.34. The molecule has 0 aliphatic carbocycles. The van der Waals surface area contributed by atoms with Crippen LogP contribution < -0.4 is 4.72 Å². The zero-order valence-corrected chi connectivity index (χ0v) is 21.7. The first kappa shape index (κ1) is 23.7. The van der Waals surface area contributed by atoms with E-state index < -0.39 is 24.1 Å². The fraction of sp³-hybridized carbons (Fsp3) is 0.280. The van der Waals surface area contributed by atoms with E-state index in [1.54, 1.807) is 11.3 Å². The van der Waals surface area contributed by atoms with E-state index in [2.05, 4.69) is 36.5 Å². The van der Waals surface area contributed by atoms with E-state index in [1.807, 2.05) is 74.7 Å². The molecular formula is C25H31NO2S2Si. The minimum absolute atomic E-state index is 0.380. The maximum absolute atomic E-state index is 13.7. The Kier molecular flexibility index (Phi) is 7.06. The topological polar surface area (TPSA) is 46.2 Å². The molecule has 31 heavy (non-hydrogen) atoms. The molecule has 1 atom stereocenters. The van der Waals surface area contributed by atoms with Gasteiger partial charge >= 0.3 is 0 Å². The van der Waals surface area contributed by atoms with Crippen LogP contribution in [-0.4, -0.2) is 16.5 Å². The Labute approximate surface area is 191 Å². The van der Waals surface area contributed by atoms with Crippen LogP contribution in [-0.2, 0) is 10.0 Å². The van der Waals surface area contributed by atoms with Crippen LogP contribution in [0.2, 0.25) is 19.6 Å². The number of hydrogen-bond acceptors (Lipinski definition) is 3. The van der Waals surface area contributed by atoms with E-state index in [0.717, 1.165) is 32.3 Å². The van der Waals surface area contributed by atoms with Gasteiger partial charge in [-0.05, 0) is 55.0 Å². The first-order chi connectivity index (χ1) is 14.5. The summed E-state index contributed by atoms with van der Waals surface area (Å²) in [6, 6.07) is 17.4. The molecule has 0 fully saturated rings. The Balaban J connectivity index is 2.17. The number of rotatable bonds is 7. The average molecular weight is 470 g/mol. The van der Waals surface area contributed by atoms with E-state index >= 15 is 0 Å².